The lowest BCUT2D eigenvalue weighted by molar-refractivity contribution is -0.117. The van der Waals surface area contributed by atoms with Crippen LogP contribution in [0.25, 0.3) is 0 Å². The molecule has 110 valence electrons. The molecule has 2 rings (SSSR count). The van der Waals surface area contributed by atoms with E-state index in [9.17, 15) is 4.79 Å². The van der Waals surface area contributed by atoms with E-state index in [0.717, 1.165) is 29.8 Å². The summed E-state index contributed by atoms with van der Waals surface area (Å²) in [5.74, 6) is 0.588. The van der Waals surface area contributed by atoms with Gasteiger partial charge in [-0.1, -0.05) is 18.2 Å². The number of amides is 1. The molecule has 0 saturated carbocycles. The van der Waals surface area contributed by atoms with Crippen molar-refractivity contribution in [2.45, 2.75) is 33.2 Å². The molecule has 4 nitrogen and oxygen atoms in total. The van der Waals surface area contributed by atoms with Crippen molar-refractivity contribution < 1.29 is 4.79 Å². The Labute approximate surface area is 121 Å². The Morgan fingerprint density at radius 3 is 2.60 bits per heavy atom. The summed E-state index contributed by atoms with van der Waals surface area (Å²) in [6.45, 7) is 8.29. The summed E-state index contributed by atoms with van der Waals surface area (Å²) in [6, 6.07) is 6.48. The van der Waals surface area contributed by atoms with Gasteiger partial charge in [0.15, 0.2) is 0 Å². The fourth-order valence-electron chi connectivity index (χ4n) is 2.98. The quantitative estimate of drug-likeness (QED) is 0.882. The molecule has 1 amide bonds. The van der Waals surface area contributed by atoms with E-state index in [1.807, 2.05) is 32.0 Å². The number of hydrogen-bond acceptors (Lipinski definition) is 3. The zero-order valence-corrected chi connectivity index (χ0v) is 12.6. The summed E-state index contributed by atoms with van der Waals surface area (Å²) < 4.78 is 0. The smallest absolute Gasteiger partial charge is 0.238 e. The zero-order valence-electron chi connectivity index (χ0n) is 12.6. The summed E-state index contributed by atoms with van der Waals surface area (Å²) in [6.07, 6.45) is 1.09. The van der Waals surface area contributed by atoms with Crippen LogP contribution in [0.15, 0.2) is 18.2 Å². The van der Waals surface area contributed by atoms with E-state index < -0.39 is 0 Å². The summed E-state index contributed by atoms with van der Waals surface area (Å²) >= 11 is 0. The van der Waals surface area contributed by atoms with Crippen LogP contribution in [0, 0.1) is 19.8 Å². The largest absolute Gasteiger partial charge is 0.330 e. The van der Waals surface area contributed by atoms with Gasteiger partial charge in [0.2, 0.25) is 5.91 Å². The van der Waals surface area contributed by atoms with E-state index in [1.54, 1.807) is 0 Å². The molecule has 1 aliphatic rings. The molecule has 2 atom stereocenters. The molecule has 2 unspecified atom stereocenters. The molecule has 1 saturated heterocycles. The monoisotopic (exact) mass is 275 g/mol. The second-order valence-corrected chi connectivity index (χ2v) is 5.93. The third-order valence-electron chi connectivity index (χ3n) is 4.22. The van der Waals surface area contributed by atoms with Gasteiger partial charge in [-0.15, -0.1) is 0 Å². The molecule has 1 heterocycles. The lowest BCUT2D eigenvalue weighted by Crippen LogP contribution is -2.36. The van der Waals surface area contributed by atoms with Crippen molar-refractivity contribution in [3.63, 3.8) is 0 Å². The number of aryl methyl sites for hydroxylation is 2. The number of carbonyl (C=O) groups excluding carboxylic acids is 1. The second-order valence-electron chi connectivity index (χ2n) is 5.93. The Bertz CT molecular complexity index is 466. The molecule has 1 fully saturated rings. The maximum atomic E-state index is 12.2. The van der Waals surface area contributed by atoms with Crippen LogP contribution in [-0.2, 0) is 4.79 Å². The first-order valence-electron chi connectivity index (χ1n) is 7.31. The Morgan fingerprint density at radius 2 is 2.05 bits per heavy atom. The van der Waals surface area contributed by atoms with Crippen LogP contribution in [0.4, 0.5) is 5.69 Å². The van der Waals surface area contributed by atoms with Gasteiger partial charge in [0, 0.05) is 18.3 Å². The number of nitrogens with zero attached hydrogens (tertiary/aromatic N) is 1. The van der Waals surface area contributed by atoms with Gasteiger partial charge >= 0.3 is 0 Å². The molecule has 1 aromatic carbocycles. The van der Waals surface area contributed by atoms with E-state index in [2.05, 4.69) is 17.1 Å². The predicted octanol–water partition coefficient (Wildman–Crippen LogP) is 1.91. The Balaban J connectivity index is 1.96. The topological polar surface area (TPSA) is 58.4 Å². The van der Waals surface area contributed by atoms with Crippen LogP contribution in [0.1, 0.15) is 24.5 Å². The van der Waals surface area contributed by atoms with Gasteiger partial charge in [-0.25, -0.2) is 0 Å². The van der Waals surface area contributed by atoms with Crippen LogP contribution in [-0.4, -0.2) is 36.5 Å². The van der Waals surface area contributed by atoms with E-state index in [1.165, 1.54) is 0 Å². The fourth-order valence-corrected chi connectivity index (χ4v) is 2.98. The molecular weight excluding hydrogens is 250 g/mol. The number of likely N-dealkylation sites (tertiary alicyclic amines) is 1. The highest BCUT2D eigenvalue weighted by atomic mass is 16.2. The predicted molar refractivity (Wildman–Crippen MR) is 82.7 cm³/mol. The van der Waals surface area contributed by atoms with Gasteiger partial charge in [0.05, 0.1) is 6.54 Å². The SMILES string of the molecule is Cc1cccc(C)c1NC(=O)CN1CC(CN)CC1C. The van der Waals surface area contributed by atoms with Crippen LogP contribution in [0.3, 0.4) is 0 Å². The van der Waals surface area contributed by atoms with Crippen molar-refractivity contribution in [3.8, 4) is 0 Å². The van der Waals surface area contributed by atoms with Gasteiger partial charge in [-0.05, 0) is 50.8 Å². The Hall–Kier alpha value is -1.39. The van der Waals surface area contributed by atoms with Crippen molar-refractivity contribution in [3.05, 3.63) is 29.3 Å². The standard InChI is InChI=1S/C16H25N3O/c1-11-5-4-6-12(2)16(11)18-15(20)10-19-9-14(8-17)7-13(19)3/h4-6,13-14H,7-10,17H2,1-3H3,(H,18,20). The minimum atomic E-state index is 0.0620. The summed E-state index contributed by atoms with van der Waals surface area (Å²) in [7, 11) is 0. The number of nitrogens with one attached hydrogen (secondary N) is 1. The first-order chi connectivity index (χ1) is 9.51. The van der Waals surface area contributed by atoms with E-state index in [4.69, 9.17) is 5.73 Å². The molecule has 20 heavy (non-hydrogen) atoms. The second kappa shape index (κ2) is 6.37. The molecule has 0 bridgehead atoms. The van der Waals surface area contributed by atoms with E-state index >= 15 is 0 Å². The van der Waals surface area contributed by atoms with Gasteiger partial charge < -0.3 is 11.1 Å². The van der Waals surface area contributed by atoms with E-state index in [0.29, 0.717) is 25.0 Å². The molecule has 4 heteroatoms. The molecule has 0 spiro atoms. The van der Waals surface area contributed by atoms with E-state index in [-0.39, 0.29) is 5.91 Å². The molecule has 1 aromatic rings. The molecular formula is C16H25N3O. The molecule has 0 aliphatic carbocycles. The first kappa shape index (κ1) is 15.0. The van der Waals surface area contributed by atoms with Crippen LogP contribution >= 0.6 is 0 Å². The zero-order chi connectivity index (χ0) is 14.7. The maximum Gasteiger partial charge on any atom is 0.238 e. The third kappa shape index (κ3) is 3.38. The number of rotatable bonds is 4. The minimum Gasteiger partial charge on any atom is -0.330 e. The first-order valence-corrected chi connectivity index (χ1v) is 7.31. The number of benzene rings is 1. The van der Waals surface area contributed by atoms with Crippen LogP contribution in [0.5, 0.6) is 0 Å². The molecule has 3 N–H and O–H groups in total. The average Bonchev–Trinajstić information content (AvgIpc) is 2.75. The summed E-state index contributed by atoms with van der Waals surface area (Å²) in [5.41, 5.74) is 8.88. The van der Waals surface area contributed by atoms with Crippen molar-refractivity contribution in [1.29, 1.82) is 0 Å². The lowest BCUT2D eigenvalue weighted by Gasteiger charge is -2.21. The summed E-state index contributed by atoms with van der Waals surface area (Å²) in [4.78, 5) is 14.5. The highest BCUT2D eigenvalue weighted by Crippen LogP contribution is 2.23. The maximum absolute atomic E-state index is 12.2. The number of para-hydroxylation sites is 1. The number of carbonyl (C=O) groups is 1. The fraction of sp³-hybridized carbons (Fsp3) is 0.562. The van der Waals surface area contributed by atoms with Crippen molar-refractivity contribution in [2.75, 3.05) is 25.0 Å². The van der Waals surface area contributed by atoms with Gasteiger partial charge in [0.25, 0.3) is 0 Å². The highest BCUT2D eigenvalue weighted by Gasteiger charge is 2.29. The van der Waals surface area contributed by atoms with Gasteiger partial charge in [-0.3, -0.25) is 9.69 Å². The lowest BCUT2D eigenvalue weighted by atomic mass is 10.1. The molecule has 1 aliphatic heterocycles. The van der Waals surface area contributed by atoms with Crippen LogP contribution in [0.2, 0.25) is 0 Å². The van der Waals surface area contributed by atoms with Crippen LogP contribution < -0.4 is 11.1 Å². The highest BCUT2D eigenvalue weighted by molar-refractivity contribution is 5.93. The normalized spacial score (nSPS) is 23.0. The molecule has 0 aromatic heterocycles. The average molecular weight is 275 g/mol. The van der Waals surface area contributed by atoms with Crippen molar-refractivity contribution in [1.82, 2.24) is 4.90 Å². The third-order valence-corrected chi connectivity index (χ3v) is 4.22. The number of nitrogens with two attached hydrogens (primary N) is 1. The van der Waals surface area contributed by atoms with Gasteiger partial charge in [0.1, 0.15) is 0 Å². The Morgan fingerprint density at radius 1 is 1.40 bits per heavy atom. The number of anilines is 1. The van der Waals surface area contributed by atoms with Crippen molar-refractivity contribution >= 4 is 11.6 Å². The van der Waals surface area contributed by atoms with Gasteiger partial charge in [-0.2, -0.15) is 0 Å². The molecule has 0 radical (unpaired) electrons. The number of hydrogen-bond donors (Lipinski definition) is 2. The summed E-state index contributed by atoms with van der Waals surface area (Å²) in [5, 5.41) is 3.05. The minimum absolute atomic E-state index is 0.0620. The Kier molecular flexibility index (Phi) is 4.78. The van der Waals surface area contributed by atoms with Crippen molar-refractivity contribution in [2.24, 2.45) is 11.7 Å².